The summed E-state index contributed by atoms with van der Waals surface area (Å²) in [5.74, 6) is 1.06. The van der Waals surface area contributed by atoms with Crippen molar-refractivity contribution in [2.45, 2.75) is 65.8 Å². The van der Waals surface area contributed by atoms with Crippen molar-refractivity contribution in [3.05, 3.63) is 23.4 Å². The number of carbonyl (C=O) groups excluding carboxylic acids is 1. The average molecular weight is 291 g/mol. The highest BCUT2D eigenvalue weighted by molar-refractivity contribution is 5.95. The normalized spacial score (nSPS) is 12.3. The third kappa shape index (κ3) is 5.74. The lowest BCUT2D eigenvalue weighted by atomic mass is 10.1. The third-order valence-corrected chi connectivity index (χ3v) is 3.42. The number of amides is 1. The Hall–Kier alpha value is -1.58. The summed E-state index contributed by atoms with van der Waals surface area (Å²) in [6.07, 6.45) is 3.31. The van der Waals surface area contributed by atoms with Crippen molar-refractivity contribution in [3.8, 4) is 0 Å². The molecule has 0 aliphatic carbocycles. The number of pyridine rings is 1. The standard InChI is InChI=1S/C17H29N3O/c1-6-8-9-13(5)19-17(21)14-10-15(12(3)4)20-16(11-14)18-7-2/h10-13H,6-9H2,1-5H3,(H,18,20)(H,19,21). The van der Waals surface area contributed by atoms with E-state index in [1.165, 1.54) is 0 Å². The predicted octanol–water partition coefficient (Wildman–Crippen LogP) is 3.95. The highest BCUT2D eigenvalue weighted by atomic mass is 16.1. The third-order valence-electron chi connectivity index (χ3n) is 3.42. The van der Waals surface area contributed by atoms with Gasteiger partial charge < -0.3 is 10.6 Å². The van der Waals surface area contributed by atoms with Crippen molar-refractivity contribution in [1.82, 2.24) is 10.3 Å². The predicted molar refractivity (Wildman–Crippen MR) is 88.9 cm³/mol. The first-order chi connectivity index (χ1) is 9.97. The second-order valence-corrected chi connectivity index (χ2v) is 5.87. The molecule has 4 nitrogen and oxygen atoms in total. The molecule has 0 aliphatic heterocycles. The van der Waals surface area contributed by atoms with Crippen LogP contribution in [0.4, 0.5) is 5.82 Å². The Morgan fingerprint density at radius 2 is 1.95 bits per heavy atom. The van der Waals surface area contributed by atoms with E-state index >= 15 is 0 Å². The molecule has 0 saturated heterocycles. The van der Waals surface area contributed by atoms with Gasteiger partial charge in [-0.2, -0.15) is 0 Å². The van der Waals surface area contributed by atoms with Crippen molar-refractivity contribution in [2.24, 2.45) is 0 Å². The molecule has 1 aromatic heterocycles. The highest BCUT2D eigenvalue weighted by Crippen LogP contribution is 2.18. The van der Waals surface area contributed by atoms with E-state index in [0.717, 1.165) is 37.3 Å². The number of hydrogen-bond acceptors (Lipinski definition) is 3. The SMILES string of the molecule is CCCCC(C)NC(=O)c1cc(NCC)nc(C(C)C)c1. The van der Waals surface area contributed by atoms with E-state index in [1.54, 1.807) is 0 Å². The van der Waals surface area contributed by atoms with Gasteiger partial charge in [0.1, 0.15) is 5.82 Å². The summed E-state index contributed by atoms with van der Waals surface area (Å²) >= 11 is 0. The lowest BCUT2D eigenvalue weighted by Gasteiger charge is -2.15. The van der Waals surface area contributed by atoms with E-state index in [9.17, 15) is 4.79 Å². The van der Waals surface area contributed by atoms with E-state index < -0.39 is 0 Å². The van der Waals surface area contributed by atoms with Crippen LogP contribution in [0, 0.1) is 0 Å². The summed E-state index contributed by atoms with van der Waals surface area (Å²) in [7, 11) is 0. The molecule has 118 valence electrons. The fraction of sp³-hybridized carbons (Fsp3) is 0.647. The molecule has 1 atom stereocenters. The maximum atomic E-state index is 12.4. The van der Waals surface area contributed by atoms with E-state index in [0.29, 0.717) is 11.5 Å². The molecular formula is C17H29N3O. The molecule has 0 spiro atoms. The molecule has 1 rings (SSSR count). The van der Waals surface area contributed by atoms with Crippen LogP contribution in [0.5, 0.6) is 0 Å². The van der Waals surface area contributed by atoms with Crippen LogP contribution in [-0.4, -0.2) is 23.5 Å². The van der Waals surface area contributed by atoms with Crippen LogP contribution < -0.4 is 10.6 Å². The fourth-order valence-electron chi connectivity index (χ4n) is 2.14. The van der Waals surface area contributed by atoms with Gasteiger partial charge in [-0.15, -0.1) is 0 Å². The zero-order chi connectivity index (χ0) is 15.8. The number of aromatic nitrogens is 1. The van der Waals surface area contributed by atoms with Gasteiger partial charge in [0.05, 0.1) is 0 Å². The lowest BCUT2D eigenvalue weighted by Crippen LogP contribution is -2.32. The van der Waals surface area contributed by atoms with Crippen molar-refractivity contribution in [2.75, 3.05) is 11.9 Å². The molecule has 21 heavy (non-hydrogen) atoms. The molecule has 0 aromatic carbocycles. The molecule has 0 saturated carbocycles. The molecule has 0 bridgehead atoms. The number of nitrogens with zero attached hydrogens (tertiary/aromatic N) is 1. The summed E-state index contributed by atoms with van der Waals surface area (Å²) in [4.78, 5) is 16.9. The van der Waals surface area contributed by atoms with Crippen molar-refractivity contribution in [3.63, 3.8) is 0 Å². The van der Waals surface area contributed by atoms with Crippen LogP contribution in [0.25, 0.3) is 0 Å². The zero-order valence-electron chi connectivity index (χ0n) is 14.0. The lowest BCUT2D eigenvalue weighted by molar-refractivity contribution is 0.0938. The van der Waals surface area contributed by atoms with Crippen molar-refractivity contribution in [1.29, 1.82) is 0 Å². The quantitative estimate of drug-likeness (QED) is 0.762. The second kappa shape index (κ2) is 8.65. The number of nitrogens with one attached hydrogen (secondary N) is 2. The minimum atomic E-state index is -0.0120. The summed E-state index contributed by atoms with van der Waals surface area (Å²) in [6, 6.07) is 3.93. The second-order valence-electron chi connectivity index (χ2n) is 5.87. The van der Waals surface area contributed by atoms with E-state index in [4.69, 9.17) is 0 Å². The monoisotopic (exact) mass is 291 g/mol. The van der Waals surface area contributed by atoms with Gasteiger partial charge in [-0.05, 0) is 38.3 Å². The molecule has 1 heterocycles. The van der Waals surface area contributed by atoms with Gasteiger partial charge in [0.2, 0.25) is 0 Å². The van der Waals surface area contributed by atoms with Gasteiger partial charge in [-0.3, -0.25) is 4.79 Å². The Bertz CT molecular complexity index is 457. The summed E-state index contributed by atoms with van der Waals surface area (Å²) in [5, 5.41) is 6.27. The van der Waals surface area contributed by atoms with E-state index in [1.807, 2.05) is 19.1 Å². The fourth-order valence-corrected chi connectivity index (χ4v) is 2.14. The molecule has 2 N–H and O–H groups in total. The maximum absolute atomic E-state index is 12.4. The van der Waals surface area contributed by atoms with E-state index in [2.05, 4.69) is 43.3 Å². The largest absolute Gasteiger partial charge is 0.370 e. The minimum absolute atomic E-state index is 0.0120. The molecule has 1 unspecified atom stereocenters. The molecule has 1 amide bonds. The first-order valence-corrected chi connectivity index (χ1v) is 8.04. The Balaban J connectivity index is 2.86. The zero-order valence-corrected chi connectivity index (χ0v) is 14.0. The summed E-state index contributed by atoms with van der Waals surface area (Å²) in [5.41, 5.74) is 1.63. The highest BCUT2D eigenvalue weighted by Gasteiger charge is 2.13. The van der Waals surface area contributed by atoms with Gasteiger partial charge in [-0.1, -0.05) is 33.6 Å². The van der Waals surface area contributed by atoms with Crippen molar-refractivity contribution >= 4 is 11.7 Å². The summed E-state index contributed by atoms with van der Waals surface area (Å²) < 4.78 is 0. The van der Waals surface area contributed by atoms with Gasteiger partial charge in [-0.25, -0.2) is 4.98 Å². The average Bonchev–Trinajstić information content (AvgIpc) is 2.45. The molecular weight excluding hydrogens is 262 g/mol. The van der Waals surface area contributed by atoms with Gasteiger partial charge in [0, 0.05) is 23.8 Å². The Morgan fingerprint density at radius 1 is 1.24 bits per heavy atom. The molecule has 0 aliphatic rings. The number of rotatable bonds is 8. The Morgan fingerprint density at radius 3 is 2.52 bits per heavy atom. The van der Waals surface area contributed by atoms with E-state index in [-0.39, 0.29) is 11.9 Å². The number of unbranched alkanes of at least 4 members (excludes halogenated alkanes) is 1. The first-order valence-electron chi connectivity index (χ1n) is 8.04. The number of hydrogen-bond donors (Lipinski definition) is 2. The summed E-state index contributed by atoms with van der Waals surface area (Å²) in [6.45, 7) is 11.2. The van der Waals surface area contributed by atoms with Crippen LogP contribution in [0.1, 0.15) is 75.9 Å². The van der Waals surface area contributed by atoms with Crippen molar-refractivity contribution < 1.29 is 4.79 Å². The van der Waals surface area contributed by atoms with Crippen LogP contribution in [0.3, 0.4) is 0 Å². The Kier molecular flexibility index (Phi) is 7.20. The van der Waals surface area contributed by atoms with Crippen LogP contribution in [0.15, 0.2) is 12.1 Å². The molecule has 0 radical (unpaired) electrons. The van der Waals surface area contributed by atoms with Gasteiger partial charge in [0.15, 0.2) is 0 Å². The van der Waals surface area contributed by atoms with Crippen LogP contribution >= 0.6 is 0 Å². The van der Waals surface area contributed by atoms with Crippen LogP contribution in [0.2, 0.25) is 0 Å². The molecule has 4 heteroatoms. The van der Waals surface area contributed by atoms with Gasteiger partial charge >= 0.3 is 0 Å². The molecule has 0 fully saturated rings. The topological polar surface area (TPSA) is 54.0 Å². The van der Waals surface area contributed by atoms with Crippen LogP contribution in [-0.2, 0) is 0 Å². The smallest absolute Gasteiger partial charge is 0.251 e. The maximum Gasteiger partial charge on any atom is 0.251 e. The number of carbonyl (C=O) groups is 1. The van der Waals surface area contributed by atoms with Gasteiger partial charge in [0.25, 0.3) is 5.91 Å². The molecule has 1 aromatic rings. The first kappa shape index (κ1) is 17.5. The number of anilines is 1. The minimum Gasteiger partial charge on any atom is -0.370 e. The Labute approximate surface area is 128 Å².